The average molecular weight is 371 g/mol. The number of quaternary nitrogens is 1. The Morgan fingerprint density at radius 1 is 1.12 bits per heavy atom. The number of para-hydroxylation sites is 1. The molecule has 6 heteroatoms. The Morgan fingerprint density at radius 2 is 1.85 bits per heavy atom. The van der Waals surface area contributed by atoms with Crippen LogP contribution < -0.4 is 20.5 Å². The van der Waals surface area contributed by atoms with E-state index in [1.165, 1.54) is 22.7 Å². The normalized spacial score (nSPS) is 15.5. The van der Waals surface area contributed by atoms with Crippen LogP contribution in [0.1, 0.15) is 5.56 Å². The van der Waals surface area contributed by atoms with Crippen molar-refractivity contribution in [3.8, 4) is 5.75 Å². The predicted molar refractivity (Wildman–Crippen MR) is 100.0 cm³/mol. The number of nitrogens with zero attached hydrogens (tertiary/aromatic N) is 1. The van der Waals surface area contributed by atoms with E-state index in [1.54, 1.807) is 6.07 Å². The molecule has 1 aromatic heterocycles. The molecule has 0 spiro atoms. The number of benzene rings is 2. The van der Waals surface area contributed by atoms with Crippen molar-refractivity contribution in [2.45, 2.75) is 6.54 Å². The van der Waals surface area contributed by atoms with Crippen molar-refractivity contribution in [3.05, 3.63) is 69.5 Å². The molecule has 1 aliphatic rings. The lowest BCUT2D eigenvalue weighted by molar-refractivity contribution is -0.914. The summed E-state index contributed by atoms with van der Waals surface area (Å²) in [5.41, 5.74) is 1.99. The molecule has 1 saturated heterocycles. The first-order chi connectivity index (χ1) is 12.6. The molecule has 2 aromatic carbocycles. The van der Waals surface area contributed by atoms with Gasteiger partial charge in [-0.3, -0.25) is 0 Å². The standard InChI is InChI=1S/C20H19ClN2O3/c21-17-11-16-14(10-20(25)26-19(16)12-18(17)24)13-22-6-8-23(9-7-22)15-4-2-1-3-5-15/h1-5,10-12,24H,6-9,13H2. The molecule has 0 aliphatic carbocycles. The zero-order chi connectivity index (χ0) is 18.1. The predicted octanol–water partition coefficient (Wildman–Crippen LogP) is 1.43. The first-order valence-corrected chi connectivity index (χ1v) is 9.05. The van der Waals surface area contributed by atoms with E-state index in [1.807, 2.05) is 6.07 Å². The monoisotopic (exact) mass is 370 g/mol. The maximum atomic E-state index is 11.9. The van der Waals surface area contributed by atoms with Crippen LogP contribution in [0.4, 0.5) is 5.69 Å². The van der Waals surface area contributed by atoms with Crippen LogP contribution in [-0.2, 0) is 6.54 Å². The summed E-state index contributed by atoms with van der Waals surface area (Å²) in [7, 11) is 0. The van der Waals surface area contributed by atoms with Crippen molar-refractivity contribution in [1.82, 2.24) is 0 Å². The zero-order valence-corrected chi connectivity index (χ0v) is 15.0. The summed E-state index contributed by atoms with van der Waals surface area (Å²) in [6.45, 7) is 4.58. The largest absolute Gasteiger partial charge is 0.871 e. The van der Waals surface area contributed by atoms with Crippen LogP contribution in [0.5, 0.6) is 5.75 Å². The summed E-state index contributed by atoms with van der Waals surface area (Å²) < 4.78 is 5.17. The SMILES string of the molecule is O=c1cc(C[NH+]2CCN(c3ccccc3)CC2)c2cc(Cl)c([O-])cc2o1. The lowest BCUT2D eigenvalue weighted by Gasteiger charge is -2.33. The second kappa shape index (κ2) is 7.02. The van der Waals surface area contributed by atoms with Crippen LogP contribution in [0.3, 0.4) is 0 Å². The summed E-state index contributed by atoms with van der Waals surface area (Å²) in [5, 5.41) is 12.6. The quantitative estimate of drug-likeness (QED) is 0.708. The van der Waals surface area contributed by atoms with Crippen LogP contribution in [0, 0.1) is 0 Å². The number of anilines is 1. The smallest absolute Gasteiger partial charge is 0.336 e. The molecule has 26 heavy (non-hydrogen) atoms. The Labute approximate surface area is 156 Å². The van der Waals surface area contributed by atoms with Gasteiger partial charge in [0.05, 0.1) is 26.2 Å². The van der Waals surface area contributed by atoms with Gasteiger partial charge in [0.1, 0.15) is 12.1 Å². The minimum absolute atomic E-state index is 0.150. The number of fused-ring (bicyclic) bond motifs is 1. The fourth-order valence-corrected chi connectivity index (χ4v) is 3.70. The molecule has 2 heterocycles. The lowest BCUT2D eigenvalue weighted by atomic mass is 10.1. The molecule has 0 radical (unpaired) electrons. The van der Waals surface area contributed by atoms with Crippen LogP contribution in [0.25, 0.3) is 11.0 Å². The third-order valence-electron chi connectivity index (χ3n) is 4.92. The van der Waals surface area contributed by atoms with E-state index in [-0.39, 0.29) is 10.8 Å². The third-order valence-corrected chi connectivity index (χ3v) is 5.21. The molecule has 4 rings (SSSR count). The molecule has 0 bridgehead atoms. The highest BCUT2D eigenvalue weighted by Gasteiger charge is 2.21. The second-order valence-corrected chi connectivity index (χ2v) is 7.03. The van der Waals surface area contributed by atoms with Crippen molar-refractivity contribution < 1.29 is 14.4 Å². The van der Waals surface area contributed by atoms with Gasteiger partial charge >= 0.3 is 5.63 Å². The summed E-state index contributed by atoms with van der Waals surface area (Å²) in [6, 6.07) is 14.8. The minimum atomic E-state index is -0.434. The molecule has 1 aliphatic heterocycles. The highest BCUT2D eigenvalue weighted by molar-refractivity contribution is 6.32. The van der Waals surface area contributed by atoms with Gasteiger partial charge in [-0.15, -0.1) is 0 Å². The first-order valence-electron chi connectivity index (χ1n) is 8.67. The van der Waals surface area contributed by atoms with Gasteiger partial charge in [-0.05, 0) is 24.3 Å². The van der Waals surface area contributed by atoms with E-state index in [4.69, 9.17) is 16.0 Å². The summed E-state index contributed by atoms with van der Waals surface area (Å²) in [5.74, 6) is -0.330. The van der Waals surface area contributed by atoms with Gasteiger partial charge in [0.15, 0.2) is 0 Å². The molecular formula is C20H19ClN2O3. The van der Waals surface area contributed by atoms with Gasteiger partial charge < -0.3 is 19.3 Å². The number of nitrogens with one attached hydrogen (secondary N) is 1. The van der Waals surface area contributed by atoms with Gasteiger partial charge in [-0.25, -0.2) is 4.79 Å². The Bertz CT molecular complexity index is 980. The molecule has 0 atom stereocenters. The van der Waals surface area contributed by atoms with Crippen LogP contribution in [-0.4, -0.2) is 26.2 Å². The minimum Gasteiger partial charge on any atom is -0.871 e. The summed E-state index contributed by atoms with van der Waals surface area (Å²) in [4.78, 5) is 15.6. The van der Waals surface area contributed by atoms with Gasteiger partial charge in [0.25, 0.3) is 0 Å². The van der Waals surface area contributed by atoms with Crippen molar-refractivity contribution in [2.24, 2.45) is 0 Å². The molecule has 0 amide bonds. The van der Waals surface area contributed by atoms with Crippen LogP contribution in [0.2, 0.25) is 5.02 Å². The molecule has 0 saturated carbocycles. The number of hydrogen-bond donors (Lipinski definition) is 1. The van der Waals surface area contributed by atoms with Gasteiger partial charge in [-0.1, -0.05) is 35.5 Å². The Hall–Kier alpha value is -2.50. The first kappa shape index (κ1) is 16.9. The van der Waals surface area contributed by atoms with Gasteiger partial charge in [0, 0.05) is 27.7 Å². The van der Waals surface area contributed by atoms with E-state index in [0.717, 1.165) is 37.1 Å². The zero-order valence-electron chi connectivity index (χ0n) is 14.2. The highest BCUT2D eigenvalue weighted by atomic mass is 35.5. The summed E-state index contributed by atoms with van der Waals surface area (Å²) >= 11 is 5.98. The lowest BCUT2D eigenvalue weighted by Crippen LogP contribution is -3.13. The van der Waals surface area contributed by atoms with Crippen molar-refractivity contribution in [1.29, 1.82) is 0 Å². The number of piperazine rings is 1. The van der Waals surface area contributed by atoms with Gasteiger partial charge in [0.2, 0.25) is 0 Å². The van der Waals surface area contributed by atoms with Crippen LogP contribution in [0.15, 0.2) is 57.7 Å². The Morgan fingerprint density at radius 3 is 2.58 bits per heavy atom. The topological polar surface area (TPSA) is 61.0 Å². The van der Waals surface area contributed by atoms with Gasteiger partial charge in [-0.2, -0.15) is 0 Å². The van der Waals surface area contributed by atoms with Crippen molar-refractivity contribution in [2.75, 3.05) is 31.1 Å². The highest BCUT2D eigenvalue weighted by Crippen LogP contribution is 2.28. The Kier molecular flexibility index (Phi) is 4.57. The van der Waals surface area contributed by atoms with E-state index >= 15 is 0 Å². The number of rotatable bonds is 3. The van der Waals surface area contributed by atoms with Crippen molar-refractivity contribution in [3.63, 3.8) is 0 Å². The van der Waals surface area contributed by atoms with E-state index in [9.17, 15) is 9.90 Å². The third kappa shape index (κ3) is 3.41. The number of hydrogen-bond acceptors (Lipinski definition) is 4. The second-order valence-electron chi connectivity index (χ2n) is 6.62. The van der Waals surface area contributed by atoms with E-state index < -0.39 is 5.63 Å². The molecule has 1 fully saturated rings. The average Bonchev–Trinajstić information content (AvgIpc) is 2.65. The Balaban J connectivity index is 1.53. The maximum absolute atomic E-state index is 11.9. The van der Waals surface area contributed by atoms with Crippen molar-refractivity contribution >= 4 is 28.3 Å². The van der Waals surface area contributed by atoms with E-state index in [2.05, 4.69) is 29.2 Å². The van der Waals surface area contributed by atoms with E-state index in [0.29, 0.717) is 12.1 Å². The maximum Gasteiger partial charge on any atom is 0.336 e. The molecule has 1 N–H and O–H groups in total. The molecular weight excluding hydrogens is 352 g/mol. The summed E-state index contributed by atoms with van der Waals surface area (Å²) in [6.07, 6.45) is 0. The fourth-order valence-electron chi connectivity index (χ4n) is 3.54. The molecule has 5 nitrogen and oxygen atoms in total. The molecule has 134 valence electrons. The van der Waals surface area contributed by atoms with Crippen LogP contribution >= 0.6 is 11.6 Å². The molecule has 3 aromatic rings. The fraction of sp³-hybridized carbons (Fsp3) is 0.250. The molecule has 0 unspecified atom stereocenters. The number of halogens is 1.